The van der Waals surface area contributed by atoms with Gasteiger partial charge in [0.2, 0.25) is 4.58 Å². The van der Waals surface area contributed by atoms with E-state index in [1.54, 1.807) is 6.92 Å². The quantitative estimate of drug-likeness (QED) is 0.605. The summed E-state index contributed by atoms with van der Waals surface area (Å²) in [5, 5.41) is 0. The lowest BCUT2D eigenvalue weighted by molar-refractivity contribution is -0.140. The van der Waals surface area contributed by atoms with E-state index in [0.717, 1.165) is 0 Å². The Balaban J connectivity index is 2.91. The Kier molecular flexibility index (Phi) is 3.65. The summed E-state index contributed by atoms with van der Waals surface area (Å²) in [4.78, 5) is 11.2. The Bertz CT molecular complexity index is 345. The maximum atomic E-state index is 11.4. The zero-order valence-electron chi connectivity index (χ0n) is 7.76. The number of esters is 1. The Morgan fingerprint density at radius 2 is 2.21 bits per heavy atom. The minimum atomic E-state index is -3.57. The van der Waals surface area contributed by atoms with E-state index in [0.29, 0.717) is 6.42 Å². The van der Waals surface area contributed by atoms with Crippen LogP contribution in [0.3, 0.4) is 0 Å². The average molecular weight is 240 g/mol. The van der Waals surface area contributed by atoms with Crippen LogP contribution in [0.25, 0.3) is 0 Å². The van der Waals surface area contributed by atoms with Crippen LogP contribution in [0, 0.1) is 0 Å². The van der Waals surface area contributed by atoms with Gasteiger partial charge < -0.3 is 4.74 Å². The van der Waals surface area contributed by atoms with Gasteiger partial charge in [-0.05, 0) is 13.3 Å². The van der Waals surface area contributed by atoms with Crippen molar-refractivity contribution in [2.45, 2.75) is 17.9 Å². The number of hydrogen-bond donors (Lipinski definition) is 0. The van der Waals surface area contributed by atoms with Crippen molar-refractivity contribution in [3.05, 3.63) is 0 Å². The fourth-order valence-corrected chi connectivity index (χ4v) is 5.36. The molecule has 82 valence electrons. The number of carbonyl (C=O) groups is 1. The van der Waals surface area contributed by atoms with Gasteiger partial charge in [0.15, 0.2) is 9.84 Å². The molecule has 1 unspecified atom stereocenters. The third-order valence-corrected chi connectivity index (χ3v) is 6.41. The molecule has 5 nitrogen and oxygen atoms in total. The summed E-state index contributed by atoms with van der Waals surface area (Å²) >= 11 is 0. The highest BCUT2D eigenvalue weighted by molar-refractivity contribution is 8.08. The highest BCUT2D eigenvalue weighted by atomic mass is 32.3. The van der Waals surface area contributed by atoms with Crippen LogP contribution < -0.4 is 0 Å². The van der Waals surface area contributed by atoms with Crippen LogP contribution in [-0.2, 0) is 30.2 Å². The molecule has 1 heterocycles. The molecular weight excluding hydrogens is 228 g/mol. The highest BCUT2D eigenvalue weighted by Gasteiger charge is 2.41. The first-order chi connectivity index (χ1) is 6.49. The largest absolute Gasteiger partial charge is 0.464 e. The first-order valence-electron chi connectivity index (χ1n) is 4.24. The summed E-state index contributed by atoms with van der Waals surface area (Å²) in [5.74, 6) is -0.712. The second kappa shape index (κ2) is 4.39. The number of hydrogen-bond acceptors (Lipinski definition) is 5. The van der Waals surface area contributed by atoms with Gasteiger partial charge in [-0.25, -0.2) is 13.2 Å². The lowest BCUT2D eigenvalue weighted by atomic mass is 10.6. The van der Waals surface area contributed by atoms with E-state index >= 15 is 0 Å². The molecule has 0 bridgehead atoms. The first-order valence-corrected chi connectivity index (χ1v) is 7.34. The summed E-state index contributed by atoms with van der Waals surface area (Å²) in [6.45, 7) is 1.68. The second-order valence-electron chi connectivity index (χ2n) is 2.89. The summed E-state index contributed by atoms with van der Waals surface area (Å²) < 4.78 is 37.3. The molecule has 0 radical (unpaired) electrons. The van der Waals surface area contributed by atoms with Gasteiger partial charge in [0, 0.05) is 5.75 Å². The van der Waals surface area contributed by atoms with E-state index in [-0.39, 0.29) is 18.1 Å². The summed E-state index contributed by atoms with van der Waals surface area (Å²) in [5.41, 5.74) is 0. The molecule has 0 amide bonds. The van der Waals surface area contributed by atoms with Crippen LogP contribution in [0.1, 0.15) is 13.3 Å². The fourth-order valence-electron chi connectivity index (χ4n) is 1.24. The van der Waals surface area contributed by atoms with Crippen LogP contribution in [0.4, 0.5) is 0 Å². The van der Waals surface area contributed by atoms with Crippen molar-refractivity contribution in [1.29, 1.82) is 0 Å². The van der Waals surface area contributed by atoms with Crippen molar-refractivity contribution < 1.29 is 22.2 Å². The summed E-state index contributed by atoms with van der Waals surface area (Å²) in [6, 6.07) is 0. The Morgan fingerprint density at radius 1 is 1.57 bits per heavy atom. The minimum Gasteiger partial charge on any atom is -0.464 e. The molecule has 0 aromatic heterocycles. The predicted molar refractivity (Wildman–Crippen MR) is 51.8 cm³/mol. The molecule has 0 aromatic rings. The maximum absolute atomic E-state index is 11.4. The third-order valence-electron chi connectivity index (χ3n) is 1.82. The molecule has 0 spiro atoms. The van der Waals surface area contributed by atoms with Crippen LogP contribution in [0.15, 0.2) is 0 Å². The van der Waals surface area contributed by atoms with Crippen molar-refractivity contribution in [1.82, 2.24) is 0 Å². The van der Waals surface area contributed by atoms with E-state index in [1.807, 2.05) is 0 Å². The van der Waals surface area contributed by atoms with Crippen LogP contribution in [0.2, 0.25) is 0 Å². The molecule has 1 rings (SSSR count). The SMILES string of the molecule is CCOC(=O)C1[S@@](=O)CCCS1(=O)=O. The molecule has 1 aliphatic rings. The van der Waals surface area contributed by atoms with Crippen molar-refractivity contribution in [2.75, 3.05) is 18.1 Å². The van der Waals surface area contributed by atoms with Gasteiger partial charge in [0.1, 0.15) is 0 Å². The van der Waals surface area contributed by atoms with Crippen LogP contribution >= 0.6 is 0 Å². The van der Waals surface area contributed by atoms with E-state index in [4.69, 9.17) is 0 Å². The Hall–Kier alpha value is -0.430. The Morgan fingerprint density at radius 3 is 2.71 bits per heavy atom. The molecule has 0 aliphatic carbocycles. The molecule has 7 heteroatoms. The average Bonchev–Trinajstić information content (AvgIpc) is 2.02. The predicted octanol–water partition coefficient (Wildman–Crippen LogP) is -0.557. The normalized spacial score (nSPS) is 30.9. The molecule has 0 N–H and O–H groups in total. The topological polar surface area (TPSA) is 77.5 Å². The van der Waals surface area contributed by atoms with Crippen molar-refractivity contribution in [3.63, 3.8) is 0 Å². The van der Waals surface area contributed by atoms with Gasteiger partial charge in [-0.2, -0.15) is 0 Å². The number of rotatable bonds is 2. The molecule has 14 heavy (non-hydrogen) atoms. The molecule has 1 saturated heterocycles. The highest BCUT2D eigenvalue weighted by Crippen LogP contribution is 2.17. The third kappa shape index (κ3) is 2.33. The monoisotopic (exact) mass is 240 g/mol. The fraction of sp³-hybridized carbons (Fsp3) is 0.857. The van der Waals surface area contributed by atoms with Crippen LogP contribution in [0.5, 0.6) is 0 Å². The molecule has 0 aromatic carbocycles. The minimum absolute atomic E-state index is 0.0811. The lowest BCUT2D eigenvalue weighted by Crippen LogP contribution is -2.42. The van der Waals surface area contributed by atoms with Gasteiger partial charge in [0.25, 0.3) is 0 Å². The second-order valence-corrected chi connectivity index (χ2v) is 7.03. The van der Waals surface area contributed by atoms with E-state index in [9.17, 15) is 17.4 Å². The van der Waals surface area contributed by atoms with Gasteiger partial charge >= 0.3 is 5.97 Å². The lowest BCUT2D eigenvalue weighted by Gasteiger charge is -2.19. The standard InChI is InChI=1S/C7H12O5S2/c1-2-12-6(8)7-13(9)4-3-5-14(7,10)11/h7H,2-5H2,1H3/t7?,13-/m0/s1. The maximum Gasteiger partial charge on any atom is 0.337 e. The van der Waals surface area contributed by atoms with Crippen molar-refractivity contribution >= 4 is 26.6 Å². The van der Waals surface area contributed by atoms with E-state index in [2.05, 4.69) is 4.74 Å². The van der Waals surface area contributed by atoms with Crippen LogP contribution in [-0.4, -0.2) is 41.3 Å². The Labute approximate surface area is 85.2 Å². The summed E-state index contributed by atoms with van der Waals surface area (Å²) in [7, 11) is -5.21. The van der Waals surface area contributed by atoms with E-state index in [1.165, 1.54) is 0 Å². The zero-order chi connectivity index (χ0) is 10.8. The van der Waals surface area contributed by atoms with Gasteiger partial charge in [-0.3, -0.25) is 4.21 Å². The van der Waals surface area contributed by atoms with Gasteiger partial charge in [0.05, 0.1) is 23.2 Å². The van der Waals surface area contributed by atoms with E-state index < -0.39 is 31.2 Å². The number of ether oxygens (including phenoxy) is 1. The molecular formula is C7H12O5S2. The molecule has 1 aliphatic heterocycles. The number of carbonyl (C=O) groups excluding carboxylic acids is 1. The van der Waals surface area contributed by atoms with Crippen molar-refractivity contribution in [3.8, 4) is 0 Å². The molecule has 2 atom stereocenters. The first kappa shape index (κ1) is 11.6. The zero-order valence-corrected chi connectivity index (χ0v) is 9.40. The van der Waals surface area contributed by atoms with Gasteiger partial charge in [-0.1, -0.05) is 0 Å². The molecule has 1 fully saturated rings. The summed E-state index contributed by atoms with van der Waals surface area (Å²) in [6.07, 6.45) is 0.352. The van der Waals surface area contributed by atoms with Gasteiger partial charge in [-0.15, -0.1) is 0 Å². The van der Waals surface area contributed by atoms with Crippen molar-refractivity contribution in [2.24, 2.45) is 0 Å². The molecule has 0 saturated carbocycles. The number of sulfone groups is 1. The smallest absolute Gasteiger partial charge is 0.337 e.